The summed E-state index contributed by atoms with van der Waals surface area (Å²) in [7, 11) is 2.91. The molecule has 1 aliphatic rings. The van der Waals surface area contributed by atoms with Crippen molar-refractivity contribution in [2.24, 2.45) is 11.5 Å². The predicted molar refractivity (Wildman–Crippen MR) is 199 cm³/mol. The quantitative estimate of drug-likeness (QED) is 0.0378. The average Bonchev–Trinajstić information content (AvgIpc) is 3.08. The number of nitrogens with one attached hydrogen (secondary N) is 2. The highest BCUT2D eigenvalue weighted by molar-refractivity contribution is 7.94. The van der Waals surface area contributed by atoms with E-state index < -0.39 is 11.1 Å². The molecule has 4 aromatic carbocycles. The molecule has 1 unspecified atom stereocenters. The van der Waals surface area contributed by atoms with Gasteiger partial charge >= 0.3 is 0 Å². The number of aliphatic hydroxyl groups excluding tert-OH is 1. The van der Waals surface area contributed by atoms with Crippen LogP contribution in [0, 0.1) is 0 Å². The third-order valence-electron chi connectivity index (χ3n) is 7.12. The minimum atomic E-state index is -1.58. The van der Waals surface area contributed by atoms with Crippen LogP contribution in [0.1, 0.15) is 6.42 Å². The van der Waals surface area contributed by atoms with E-state index in [0.717, 1.165) is 32.8 Å². The molecule has 13 heteroatoms. The van der Waals surface area contributed by atoms with E-state index in [0.29, 0.717) is 39.4 Å². The lowest BCUT2D eigenvalue weighted by atomic mass is 10.0. The van der Waals surface area contributed by atoms with Crippen molar-refractivity contribution in [2.75, 3.05) is 36.5 Å². The second-order valence-corrected chi connectivity index (χ2v) is 12.5. The van der Waals surface area contributed by atoms with Crippen molar-refractivity contribution in [1.82, 2.24) is 0 Å². The van der Waals surface area contributed by atoms with Crippen LogP contribution in [0.2, 0.25) is 0 Å². The fraction of sp³-hybridized carbons (Fsp3) is 0.0857. The first kappa shape index (κ1) is 35.5. The monoisotopic (exact) mass is 686 g/mol. The molecule has 5 rings (SSSR count). The molecule has 0 aliphatic heterocycles. The number of phenolic OH excluding ortho intramolecular Hbond substituents is 1. The maximum absolute atomic E-state index is 11.4. The molecule has 0 fully saturated rings. The summed E-state index contributed by atoms with van der Waals surface area (Å²) in [5, 5.41) is 21.9. The Morgan fingerprint density at radius 1 is 0.958 bits per heavy atom. The van der Waals surface area contributed by atoms with Gasteiger partial charge < -0.3 is 42.8 Å². The van der Waals surface area contributed by atoms with Gasteiger partial charge in [-0.2, -0.15) is 0 Å². The number of phenols is 1. The number of fused-ring (bicyclic) bond motifs is 1. The summed E-state index contributed by atoms with van der Waals surface area (Å²) in [6, 6.07) is 23.0. The van der Waals surface area contributed by atoms with Gasteiger partial charge in [0.25, 0.3) is 0 Å². The molecule has 0 aromatic heterocycles. The average molecular weight is 687 g/mol. The molecule has 0 heterocycles. The summed E-state index contributed by atoms with van der Waals surface area (Å²) in [6.45, 7) is 3.51. The molecule has 0 saturated heterocycles. The smallest absolute Gasteiger partial charge is 0.188 e. The van der Waals surface area contributed by atoms with Crippen LogP contribution in [0.15, 0.2) is 136 Å². The van der Waals surface area contributed by atoms with E-state index in [2.05, 4.69) is 21.6 Å². The van der Waals surface area contributed by atoms with Gasteiger partial charge in [-0.25, -0.2) is 4.21 Å². The number of aliphatic hydroxyl groups is 1. The molecule has 4 aromatic rings. The van der Waals surface area contributed by atoms with E-state index in [1.54, 1.807) is 31.4 Å². The van der Waals surface area contributed by atoms with Crippen LogP contribution in [0.25, 0.3) is 21.9 Å². The molecule has 48 heavy (non-hydrogen) atoms. The van der Waals surface area contributed by atoms with Gasteiger partial charge in [0.1, 0.15) is 11.5 Å². The Labute approximate surface area is 286 Å². The first-order valence-electron chi connectivity index (χ1n) is 14.4. The summed E-state index contributed by atoms with van der Waals surface area (Å²) in [4.78, 5) is 1.21. The number of rotatable bonds is 10. The van der Waals surface area contributed by atoms with E-state index in [1.165, 1.54) is 31.3 Å². The van der Waals surface area contributed by atoms with Gasteiger partial charge in [0, 0.05) is 28.2 Å². The van der Waals surface area contributed by atoms with Gasteiger partial charge in [-0.1, -0.05) is 49.1 Å². The molecule has 0 saturated carbocycles. The fourth-order valence-electron chi connectivity index (χ4n) is 4.71. The summed E-state index contributed by atoms with van der Waals surface area (Å²) in [5.41, 5.74) is 35.8. The van der Waals surface area contributed by atoms with Gasteiger partial charge in [-0.15, -0.1) is 0 Å². The first-order chi connectivity index (χ1) is 23.1. The van der Waals surface area contributed by atoms with Crippen molar-refractivity contribution in [1.29, 1.82) is 0 Å². The highest BCUT2D eigenvalue weighted by Crippen LogP contribution is 2.39. The van der Waals surface area contributed by atoms with Crippen molar-refractivity contribution in [3.63, 3.8) is 0 Å². The lowest BCUT2D eigenvalue weighted by molar-refractivity contribution is 0.417. The standard InChI is InChI=1S/C23H22N4O2S.C12H16N2O3S/c1-29-30-19-12-16-6-11-20(25)23(22(16)21(28)13-19)27-26-18-9-4-15(5-10-18)14-2-7-17(24)8-3-14;1-3-4-10(13)12(14)9-6-5-8(7-11(9)15)18(16)17-2/h2-13,26-28H,24-25H2,1H3;3-5,7,15H,1,6,13-14H2,2H3/b;10-4+,12-9-. The zero-order valence-corrected chi connectivity index (χ0v) is 28.0. The van der Waals surface area contributed by atoms with Gasteiger partial charge in [0.15, 0.2) is 11.1 Å². The molecular formula is C35H38N6O5S2. The topological polar surface area (TPSA) is 204 Å². The van der Waals surface area contributed by atoms with Crippen molar-refractivity contribution in [3.8, 4) is 16.9 Å². The third kappa shape index (κ3) is 8.72. The summed E-state index contributed by atoms with van der Waals surface area (Å²) in [6.07, 6.45) is 6.41. The van der Waals surface area contributed by atoms with Gasteiger partial charge in [0.05, 0.1) is 53.0 Å². The van der Waals surface area contributed by atoms with Crippen LogP contribution in [0.4, 0.5) is 22.7 Å². The molecule has 1 atom stereocenters. The van der Waals surface area contributed by atoms with Crippen LogP contribution in [-0.4, -0.2) is 28.6 Å². The number of hydrogen-bond acceptors (Lipinski definition) is 12. The number of nitrogens with two attached hydrogens (primary N) is 4. The Bertz CT molecular complexity index is 1940. The first-order valence-corrected chi connectivity index (χ1v) is 16.3. The number of benzene rings is 4. The van der Waals surface area contributed by atoms with Crippen molar-refractivity contribution in [2.45, 2.75) is 11.3 Å². The van der Waals surface area contributed by atoms with Crippen LogP contribution in [0.3, 0.4) is 0 Å². The van der Waals surface area contributed by atoms with E-state index in [9.17, 15) is 14.4 Å². The Morgan fingerprint density at radius 3 is 2.23 bits per heavy atom. The molecule has 12 N–H and O–H groups in total. The fourth-order valence-corrected chi connectivity index (χ4v) is 5.85. The summed E-state index contributed by atoms with van der Waals surface area (Å²) < 4.78 is 21.2. The second kappa shape index (κ2) is 16.5. The molecule has 0 amide bonds. The number of hydrogen-bond donors (Lipinski definition) is 8. The largest absolute Gasteiger partial charge is 0.508 e. The summed E-state index contributed by atoms with van der Waals surface area (Å²) in [5.74, 6) is 0.0677. The summed E-state index contributed by atoms with van der Waals surface area (Å²) >= 11 is -0.387. The van der Waals surface area contributed by atoms with Gasteiger partial charge in [0.2, 0.25) is 0 Å². The van der Waals surface area contributed by atoms with E-state index in [4.69, 9.17) is 27.1 Å². The maximum Gasteiger partial charge on any atom is 0.188 e. The van der Waals surface area contributed by atoms with Crippen LogP contribution in [0.5, 0.6) is 5.75 Å². The molecule has 0 spiro atoms. The highest BCUT2D eigenvalue weighted by Gasteiger charge is 2.18. The second-order valence-electron chi connectivity index (χ2n) is 10.3. The van der Waals surface area contributed by atoms with Crippen molar-refractivity contribution in [3.05, 3.63) is 131 Å². The lowest BCUT2D eigenvalue weighted by Crippen LogP contribution is -2.15. The normalized spacial score (nSPS) is 14.6. The maximum atomic E-state index is 11.4. The Hall–Kier alpha value is -5.34. The number of hydrazine groups is 1. The van der Waals surface area contributed by atoms with Gasteiger partial charge in [-0.05, 0) is 77.6 Å². The van der Waals surface area contributed by atoms with Crippen molar-refractivity contribution >= 4 is 56.6 Å². The van der Waals surface area contributed by atoms with E-state index >= 15 is 0 Å². The predicted octanol–water partition coefficient (Wildman–Crippen LogP) is 6.74. The van der Waals surface area contributed by atoms with Crippen molar-refractivity contribution < 1.29 is 22.8 Å². The SMILES string of the molecule is C=C/C=C(N)\C(N)=C1/CC=C(S(=O)OC)C=C1O.COSc1cc(O)c2c(NNc3ccc(-c4ccc(N)cc4)cc3)c(N)ccc2c1. The Morgan fingerprint density at radius 2 is 1.62 bits per heavy atom. The molecule has 1 aliphatic carbocycles. The van der Waals surface area contributed by atoms with Crippen LogP contribution < -0.4 is 33.8 Å². The van der Waals surface area contributed by atoms with Crippen LogP contribution in [-0.2, 0) is 19.4 Å². The zero-order chi connectivity index (χ0) is 34.8. The highest BCUT2D eigenvalue weighted by atomic mass is 32.2. The number of allylic oxidation sites excluding steroid dienone is 5. The molecule has 250 valence electrons. The molecule has 0 bridgehead atoms. The molecular weight excluding hydrogens is 649 g/mol. The Balaban J connectivity index is 0.000000248. The van der Waals surface area contributed by atoms with E-state index in [1.807, 2.05) is 60.7 Å². The third-order valence-corrected chi connectivity index (χ3v) is 8.68. The zero-order valence-electron chi connectivity index (χ0n) is 26.4. The Kier molecular flexibility index (Phi) is 12.2. The van der Waals surface area contributed by atoms with Gasteiger partial charge in [-0.3, -0.25) is 9.61 Å². The number of aromatic hydroxyl groups is 1. The number of anilines is 4. The van der Waals surface area contributed by atoms with E-state index in [-0.39, 0.29) is 17.2 Å². The lowest BCUT2D eigenvalue weighted by Gasteiger charge is -2.16. The number of nitrogen functional groups attached to an aromatic ring is 2. The molecule has 0 radical (unpaired) electrons. The minimum absolute atomic E-state index is 0.0594. The molecule has 11 nitrogen and oxygen atoms in total. The van der Waals surface area contributed by atoms with Crippen LogP contribution >= 0.6 is 12.0 Å². The minimum Gasteiger partial charge on any atom is -0.508 e.